The number of aromatic nitrogens is 2. The molecular formula is C12H20N2. The van der Waals surface area contributed by atoms with Crippen molar-refractivity contribution in [2.75, 3.05) is 0 Å². The molecule has 0 aromatic carbocycles. The Hall–Kier alpha value is -0.790. The molecule has 14 heavy (non-hydrogen) atoms. The number of imidazole rings is 1. The summed E-state index contributed by atoms with van der Waals surface area (Å²) in [4.78, 5) is 4.42. The fourth-order valence-electron chi connectivity index (χ4n) is 2.45. The minimum atomic E-state index is 0.548. The quantitative estimate of drug-likeness (QED) is 0.719. The molecule has 78 valence electrons. The van der Waals surface area contributed by atoms with Gasteiger partial charge in [-0.15, -0.1) is 0 Å². The molecular weight excluding hydrogens is 172 g/mol. The van der Waals surface area contributed by atoms with Crippen LogP contribution in [0.25, 0.3) is 0 Å². The minimum Gasteiger partial charge on any atom is -0.334 e. The van der Waals surface area contributed by atoms with Gasteiger partial charge in [0.1, 0.15) is 5.82 Å². The van der Waals surface area contributed by atoms with Gasteiger partial charge in [-0.25, -0.2) is 4.98 Å². The van der Waals surface area contributed by atoms with Crippen LogP contribution < -0.4 is 0 Å². The average molecular weight is 192 g/mol. The van der Waals surface area contributed by atoms with Crippen LogP contribution in [0.1, 0.15) is 51.3 Å². The first-order valence-corrected chi connectivity index (χ1v) is 5.78. The van der Waals surface area contributed by atoms with Gasteiger partial charge >= 0.3 is 0 Å². The molecule has 1 aromatic heterocycles. The van der Waals surface area contributed by atoms with E-state index in [0.29, 0.717) is 5.92 Å². The highest BCUT2D eigenvalue weighted by atomic mass is 15.1. The third-order valence-electron chi connectivity index (χ3n) is 3.19. The molecule has 0 saturated heterocycles. The van der Waals surface area contributed by atoms with Crippen LogP contribution in [-0.4, -0.2) is 9.55 Å². The first-order valence-electron chi connectivity index (χ1n) is 5.78. The van der Waals surface area contributed by atoms with Crippen molar-refractivity contribution in [3.05, 3.63) is 18.2 Å². The van der Waals surface area contributed by atoms with Crippen molar-refractivity contribution in [2.45, 2.75) is 52.0 Å². The van der Waals surface area contributed by atoms with E-state index in [1.807, 2.05) is 6.20 Å². The van der Waals surface area contributed by atoms with Gasteiger partial charge in [0.25, 0.3) is 0 Å². The standard InChI is InChI=1S/C12H20N2/c1-10(2)12-13-7-8-14(12)9-11-5-3-4-6-11/h7-8,10-11H,3-6,9H2,1-2H3. The average Bonchev–Trinajstić information content (AvgIpc) is 2.75. The highest BCUT2D eigenvalue weighted by molar-refractivity contribution is 4.97. The predicted molar refractivity (Wildman–Crippen MR) is 58.3 cm³/mol. The van der Waals surface area contributed by atoms with Crippen molar-refractivity contribution in [3.63, 3.8) is 0 Å². The highest BCUT2D eigenvalue weighted by Gasteiger charge is 2.17. The lowest BCUT2D eigenvalue weighted by molar-refractivity contribution is 0.442. The van der Waals surface area contributed by atoms with E-state index in [1.54, 1.807) is 0 Å². The summed E-state index contributed by atoms with van der Waals surface area (Å²) in [5.74, 6) is 2.70. The molecule has 1 aliphatic rings. The number of hydrogen-bond donors (Lipinski definition) is 0. The van der Waals surface area contributed by atoms with Gasteiger partial charge in [0.2, 0.25) is 0 Å². The minimum absolute atomic E-state index is 0.548. The molecule has 0 N–H and O–H groups in total. The first kappa shape index (κ1) is 9.75. The largest absolute Gasteiger partial charge is 0.334 e. The second-order valence-corrected chi connectivity index (χ2v) is 4.74. The summed E-state index contributed by atoms with van der Waals surface area (Å²) in [7, 11) is 0. The lowest BCUT2D eigenvalue weighted by atomic mass is 10.1. The molecule has 0 unspecified atom stereocenters. The van der Waals surface area contributed by atoms with Crippen LogP contribution in [0.3, 0.4) is 0 Å². The summed E-state index contributed by atoms with van der Waals surface area (Å²) in [5, 5.41) is 0. The lowest BCUT2D eigenvalue weighted by Gasteiger charge is -2.14. The zero-order valence-electron chi connectivity index (χ0n) is 9.24. The fraction of sp³-hybridized carbons (Fsp3) is 0.750. The van der Waals surface area contributed by atoms with Gasteiger partial charge in [0, 0.05) is 24.9 Å². The second-order valence-electron chi connectivity index (χ2n) is 4.74. The van der Waals surface area contributed by atoms with E-state index in [9.17, 15) is 0 Å². The summed E-state index contributed by atoms with van der Waals surface area (Å²) < 4.78 is 2.35. The summed E-state index contributed by atoms with van der Waals surface area (Å²) >= 11 is 0. The van der Waals surface area contributed by atoms with Gasteiger partial charge < -0.3 is 4.57 Å². The molecule has 2 nitrogen and oxygen atoms in total. The topological polar surface area (TPSA) is 17.8 Å². The molecule has 0 spiro atoms. The van der Waals surface area contributed by atoms with E-state index in [4.69, 9.17) is 0 Å². The van der Waals surface area contributed by atoms with Gasteiger partial charge in [-0.1, -0.05) is 26.7 Å². The molecule has 1 heterocycles. The van der Waals surface area contributed by atoms with E-state index in [1.165, 1.54) is 38.1 Å². The van der Waals surface area contributed by atoms with E-state index >= 15 is 0 Å². The summed E-state index contributed by atoms with van der Waals surface area (Å²) in [6, 6.07) is 0. The maximum absolute atomic E-state index is 4.42. The van der Waals surface area contributed by atoms with Crippen LogP contribution in [0.15, 0.2) is 12.4 Å². The van der Waals surface area contributed by atoms with Crippen LogP contribution in [0.2, 0.25) is 0 Å². The van der Waals surface area contributed by atoms with Crippen LogP contribution in [-0.2, 0) is 6.54 Å². The smallest absolute Gasteiger partial charge is 0.111 e. The zero-order valence-corrected chi connectivity index (χ0v) is 9.24. The molecule has 0 bridgehead atoms. The zero-order chi connectivity index (χ0) is 9.97. The Bertz CT molecular complexity index is 282. The van der Waals surface area contributed by atoms with E-state index in [2.05, 4.69) is 29.6 Å². The Labute approximate surface area is 86.3 Å². The molecule has 1 saturated carbocycles. The Morgan fingerprint density at radius 3 is 2.79 bits per heavy atom. The summed E-state index contributed by atoms with van der Waals surface area (Å²) in [6.07, 6.45) is 9.75. The van der Waals surface area contributed by atoms with Crippen molar-refractivity contribution in [1.29, 1.82) is 0 Å². The maximum atomic E-state index is 4.42. The van der Waals surface area contributed by atoms with Gasteiger partial charge in [0.05, 0.1) is 0 Å². The van der Waals surface area contributed by atoms with E-state index < -0.39 is 0 Å². The fourth-order valence-corrected chi connectivity index (χ4v) is 2.45. The molecule has 1 aliphatic carbocycles. The van der Waals surface area contributed by atoms with Crippen molar-refractivity contribution in [2.24, 2.45) is 5.92 Å². The highest BCUT2D eigenvalue weighted by Crippen LogP contribution is 2.27. The van der Waals surface area contributed by atoms with Crippen LogP contribution in [0, 0.1) is 5.92 Å². The summed E-state index contributed by atoms with van der Waals surface area (Å²) in [5.41, 5.74) is 0. The van der Waals surface area contributed by atoms with Crippen LogP contribution >= 0.6 is 0 Å². The SMILES string of the molecule is CC(C)c1nccn1CC1CCCC1. The first-order chi connectivity index (χ1) is 6.77. The Morgan fingerprint density at radius 2 is 2.14 bits per heavy atom. The Balaban J connectivity index is 2.04. The molecule has 1 aromatic rings. The third kappa shape index (κ3) is 1.99. The molecule has 2 rings (SSSR count). The third-order valence-corrected chi connectivity index (χ3v) is 3.19. The molecule has 1 fully saturated rings. The lowest BCUT2D eigenvalue weighted by Crippen LogP contribution is -2.10. The van der Waals surface area contributed by atoms with Crippen molar-refractivity contribution < 1.29 is 0 Å². The van der Waals surface area contributed by atoms with Gasteiger partial charge in [-0.3, -0.25) is 0 Å². The van der Waals surface area contributed by atoms with Crippen molar-refractivity contribution in [3.8, 4) is 0 Å². The van der Waals surface area contributed by atoms with Crippen LogP contribution in [0.5, 0.6) is 0 Å². The van der Waals surface area contributed by atoms with Crippen molar-refractivity contribution >= 4 is 0 Å². The molecule has 2 heteroatoms. The Morgan fingerprint density at radius 1 is 1.43 bits per heavy atom. The predicted octanol–water partition coefficient (Wildman–Crippen LogP) is 3.20. The normalized spacial score (nSPS) is 18.2. The monoisotopic (exact) mass is 192 g/mol. The van der Waals surface area contributed by atoms with Gasteiger partial charge in [-0.2, -0.15) is 0 Å². The van der Waals surface area contributed by atoms with E-state index in [-0.39, 0.29) is 0 Å². The molecule has 0 aliphatic heterocycles. The molecule has 0 atom stereocenters. The van der Waals surface area contributed by atoms with Crippen molar-refractivity contribution in [1.82, 2.24) is 9.55 Å². The van der Waals surface area contributed by atoms with Gasteiger partial charge in [0.15, 0.2) is 0 Å². The molecule has 0 amide bonds. The van der Waals surface area contributed by atoms with Gasteiger partial charge in [-0.05, 0) is 18.8 Å². The maximum Gasteiger partial charge on any atom is 0.111 e. The number of hydrogen-bond acceptors (Lipinski definition) is 1. The number of nitrogens with zero attached hydrogens (tertiary/aromatic N) is 2. The molecule has 0 radical (unpaired) electrons. The Kier molecular flexibility index (Phi) is 2.90. The van der Waals surface area contributed by atoms with Crippen LogP contribution in [0.4, 0.5) is 0 Å². The number of rotatable bonds is 3. The van der Waals surface area contributed by atoms with E-state index in [0.717, 1.165) is 5.92 Å². The second kappa shape index (κ2) is 4.16. The summed E-state index contributed by atoms with van der Waals surface area (Å²) in [6.45, 7) is 5.62.